The fourth-order valence-corrected chi connectivity index (χ4v) is 4.42. The lowest BCUT2D eigenvalue weighted by atomic mass is 10.2. The van der Waals surface area contributed by atoms with Gasteiger partial charge in [-0.15, -0.1) is 0 Å². The van der Waals surface area contributed by atoms with Gasteiger partial charge in [-0.1, -0.05) is 35.1 Å². The number of carbonyl (C=O) groups is 1. The lowest BCUT2D eigenvalue weighted by Crippen LogP contribution is -2.19. The highest BCUT2D eigenvalue weighted by Crippen LogP contribution is 2.22. The molecule has 0 bridgehead atoms. The number of thiazole rings is 1. The molecule has 0 radical (unpaired) electrons. The predicted molar refractivity (Wildman–Crippen MR) is 104 cm³/mol. The molecular formula is C17H16ClN3O4S2. The number of benzene rings is 2. The van der Waals surface area contributed by atoms with Crippen LogP contribution in [0.1, 0.15) is 10.4 Å². The van der Waals surface area contributed by atoms with Gasteiger partial charge in [0.1, 0.15) is 0 Å². The van der Waals surface area contributed by atoms with Crippen LogP contribution in [0.2, 0.25) is 5.02 Å². The number of carbonyl (C=O) groups excluding carboxylic acids is 1. The van der Waals surface area contributed by atoms with Crippen LogP contribution in [-0.2, 0) is 21.3 Å². The number of halogens is 1. The van der Waals surface area contributed by atoms with Crippen molar-refractivity contribution in [1.82, 2.24) is 4.57 Å². The second-order valence-electron chi connectivity index (χ2n) is 5.60. The number of amides is 1. The molecule has 142 valence electrons. The van der Waals surface area contributed by atoms with E-state index in [0.717, 1.165) is 5.52 Å². The maximum atomic E-state index is 12.6. The number of hydrogen-bond donors (Lipinski definition) is 1. The zero-order chi connectivity index (χ0) is 19.6. The van der Waals surface area contributed by atoms with Crippen LogP contribution in [0.25, 0.3) is 10.2 Å². The molecule has 2 N–H and O–H groups in total. The zero-order valence-electron chi connectivity index (χ0n) is 14.3. The van der Waals surface area contributed by atoms with Crippen molar-refractivity contribution in [2.24, 2.45) is 10.1 Å². The second-order valence-corrected chi connectivity index (χ2v) is 8.58. The fourth-order valence-electron chi connectivity index (χ4n) is 2.50. The Morgan fingerprint density at radius 3 is 2.70 bits per heavy atom. The highest BCUT2D eigenvalue weighted by Gasteiger charge is 2.14. The number of ether oxygens (including phenoxy) is 1. The van der Waals surface area contributed by atoms with Crippen molar-refractivity contribution in [1.29, 1.82) is 0 Å². The third kappa shape index (κ3) is 4.28. The van der Waals surface area contributed by atoms with E-state index < -0.39 is 15.9 Å². The molecule has 0 saturated carbocycles. The number of sulfonamides is 1. The van der Waals surface area contributed by atoms with Gasteiger partial charge in [-0.2, -0.15) is 4.99 Å². The number of primary sulfonamides is 1. The summed E-state index contributed by atoms with van der Waals surface area (Å²) in [5, 5.41) is 5.52. The normalized spacial score (nSPS) is 12.6. The zero-order valence-corrected chi connectivity index (χ0v) is 16.6. The quantitative estimate of drug-likeness (QED) is 0.677. The monoisotopic (exact) mass is 425 g/mol. The van der Waals surface area contributed by atoms with E-state index in [2.05, 4.69) is 4.99 Å². The van der Waals surface area contributed by atoms with Crippen molar-refractivity contribution in [3.8, 4) is 0 Å². The Balaban J connectivity index is 2.18. The predicted octanol–water partition coefficient (Wildman–Crippen LogP) is 2.39. The van der Waals surface area contributed by atoms with E-state index in [0.29, 0.717) is 33.2 Å². The van der Waals surface area contributed by atoms with Gasteiger partial charge < -0.3 is 9.30 Å². The molecule has 1 heterocycles. The van der Waals surface area contributed by atoms with Crippen LogP contribution >= 0.6 is 22.9 Å². The number of nitrogens with two attached hydrogens (primary N) is 1. The molecular weight excluding hydrogens is 410 g/mol. The average molecular weight is 426 g/mol. The van der Waals surface area contributed by atoms with Crippen LogP contribution in [0.3, 0.4) is 0 Å². The van der Waals surface area contributed by atoms with Crippen molar-refractivity contribution in [2.75, 3.05) is 13.7 Å². The molecule has 0 saturated heterocycles. The molecule has 1 amide bonds. The van der Waals surface area contributed by atoms with Gasteiger partial charge in [0.15, 0.2) is 4.80 Å². The van der Waals surface area contributed by atoms with E-state index in [4.69, 9.17) is 21.5 Å². The van der Waals surface area contributed by atoms with Crippen LogP contribution in [0.4, 0.5) is 0 Å². The van der Waals surface area contributed by atoms with Gasteiger partial charge in [0.05, 0.1) is 32.3 Å². The molecule has 0 unspecified atom stereocenters. The number of aromatic nitrogens is 1. The van der Waals surface area contributed by atoms with Gasteiger partial charge in [-0.3, -0.25) is 4.79 Å². The summed E-state index contributed by atoms with van der Waals surface area (Å²) in [5.41, 5.74) is 1.02. The maximum absolute atomic E-state index is 12.6. The molecule has 2 aromatic carbocycles. The number of fused-ring (bicyclic) bond motifs is 1. The molecule has 0 aliphatic carbocycles. The lowest BCUT2D eigenvalue weighted by Gasteiger charge is -2.05. The number of methoxy groups -OCH3 is 1. The lowest BCUT2D eigenvalue weighted by molar-refractivity contribution is 0.0997. The molecule has 0 aliphatic heterocycles. The van der Waals surface area contributed by atoms with E-state index in [-0.39, 0.29) is 4.90 Å². The second kappa shape index (κ2) is 7.91. The summed E-state index contributed by atoms with van der Waals surface area (Å²) >= 11 is 7.26. The molecule has 10 heteroatoms. The first-order chi connectivity index (χ1) is 12.8. The van der Waals surface area contributed by atoms with Crippen LogP contribution in [0.5, 0.6) is 0 Å². The van der Waals surface area contributed by atoms with Crippen molar-refractivity contribution < 1.29 is 17.9 Å². The number of nitrogens with zero attached hydrogens (tertiary/aromatic N) is 2. The number of rotatable bonds is 5. The van der Waals surface area contributed by atoms with Crippen molar-refractivity contribution in [2.45, 2.75) is 11.4 Å². The van der Waals surface area contributed by atoms with Gasteiger partial charge in [-0.05, 0) is 30.3 Å². The summed E-state index contributed by atoms with van der Waals surface area (Å²) < 4.78 is 30.8. The highest BCUT2D eigenvalue weighted by atomic mass is 35.5. The Bertz CT molecular complexity index is 1180. The summed E-state index contributed by atoms with van der Waals surface area (Å²) in [6.07, 6.45) is 0. The van der Waals surface area contributed by atoms with Gasteiger partial charge in [0.25, 0.3) is 5.91 Å². The molecule has 3 aromatic rings. The van der Waals surface area contributed by atoms with Crippen LogP contribution in [0.15, 0.2) is 52.4 Å². The van der Waals surface area contributed by atoms with Crippen molar-refractivity contribution in [3.63, 3.8) is 0 Å². The molecule has 0 atom stereocenters. The Morgan fingerprint density at radius 2 is 2.04 bits per heavy atom. The van der Waals surface area contributed by atoms with E-state index in [1.54, 1.807) is 42.0 Å². The first-order valence-corrected chi connectivity index (χ1v) is 10.5. The van der Waals surface area contributed by atoms with Gasteiger partial charge in [0, 0.05) is 13.7 Å². The first-order valence-electron chi connectivity index (χ1n) is 7.80. The smallest absolute Gasteiger partial charge is 0.281 e. The Morgan fingerprint density at radius 1 is 1.30 bits per heavy atom. The minimum absolute atomic E-state index is 0.000813. The molecule has 0 aliphatic rings. The SMILES string of the molecule is COCCn1c(=NC(=O)c2ccccc2Cl)sc2cc(S(N)(=O)=O)ccc21. The topological polar surface area (TPSA) is 104 Å². The van der Waals surface area contributed by atoms with Gasteiger partial charge in [0.2, 0.25) is 10.0 Å². The molecule has 1 aromatic heterocycles. The van der Waals surface area contributed by atoms with Crippen molar-refractivity contribution >= 4 is 49.1 Å². The summed E-state index contributed by atoms with van der Waals surface area (Å²) in [6, 6.07) is 11.2. The van der Waals surface area contributed by atoms with Crippen LogP contribution in [0, 0.1) is 0 Å². The van der Waals surface area contributed by atoms with Crippen LogP contribution in [-0.4, -0.2) is 32.6 Å². The number of hydrogen-bond acceptors (Lipinski definition) is 5. The largest absolute Gasteiger partial charge is 0.383 e. The first kappa shape index (κ1) is 19.7. The summed E-state index contributed by atoms with van der Waals surface area (Å²) in [4.78, 5) is 17.2. The molecule has 7 nitrogen and oxygen atoms in total. The van der Waals surface area contributed by atoms with Gasteiger partial charge >= 0.3 is 0 Å². The standard InChI is InChI=1S/C17H16ClN3O4S2/c1-25-9-8-21-14-7-6-11(27(19,23)24)10-15(14)26-17(21)20-16(22)12-4-2-3-5-13(12)18/h2-7,10H,8-9H2,1H3,(H2,19,23,24). The van der Waals surface area contributed by atoms with E-state index >= 15 is 0 Å². The fraction of sp³-hybridized carbons (Fsp3) is 0.176. The summed E-state index contributed by atoms with van der Waals surface area (Å²) in [7, 11) is -2.26. The van der Waals surface area contributed by atoms with Crippen LogP contribution < -0.4 is 9.94 Å². The van der Waals surface area contributed by atoms with Gasteiger partial charge in [-0.25, -0.2) is 13.6 Å². The minimum atomic E-state index is -3.83. The van der Waals surface area contributed by atoms with Crippen molar-refractivity contribution in [3.05, 3.63) is 57.9 Å². The highest BCUT2D eigenvalue weighted by molar-refractivity contribution is 7.89. The molecule has 27 heavy (non-hydrogen) atoms. The molecule has 0 spiro atoms. The summed E-state index contributed by atoms with van der Waals surface area (Å²) in [5.74, 6) is -0.481. The molecule has 0 fully saturated rings. The Labute approximate surface area is 164 Å². The van der Waals surface area contributed by atoms with E-state index in [1.165, 1.54) is 23.5 Å². The van der Waals surface area contributed by atoms with E-state index in [9.17, 15) is 13.2 Å². The minimum Gasteiger partial charge on any atom is -0.383 e. The average Bonchev–Trinajstić information content (AvgIpc) is 2.95. The summed E-state index contributed by atoms with van der Waals surface area (Å²) in [6.45, 7) is 0.843. The third-order valence-corrected chi connectivity index (χ3v) is 6.08. The Kier molecular flexibility index (Phi) is 5.78. The van der Waals surface area contributed by atoms with E-state index in [1.807, 2.05) is 0 Å². The Hall–Kier alpha value is -2.04. The maximum Gasteiger partial charge on any atom is 0.281 e. The molecule has 3 rings (SSSR count). The third-order valence-electron chi connectivity index (χ3n) is 3.80.